The zero-order chi connectivity index (χ0) is 23.4. The molecule has 0 unspecified atom stereocenters. The molecule has 172 valence electrons. The quantitative estimate of drug-likeness (QED) is 0.512. The highest BCUT2D eigenvalue weighted by Crippen LogP contribution is 2.30. The van der Waals surface area contributed by atoms with E-state index in [0.717, 1.165) is 12.1 Å². The van der Waals surface area contributed by atoms with Crippen molar-refractivity contribution < 1.29 is 27.1 Å². The summed E-state index contributed by atoms with van der Waals surface area (Å²) in [4.78, 5) is 18.2. The fourth-order valence-corrected chi connectivity index (χ4v) is 3.54. The summed E-state index contributed by atoms with van der Waals surface area (Å²) in [6.45, 7) is 1.26. The fraction of sp³-hybridized carbons (Fsp3) is 0.250. The van der Waals surface area contributed by atoms with Crippen molar-refractivity contribution in [3.05, 3.63) is 89.5 Å². The molecule has 4 rings (SSSR count). The lowest BCUT2D eigenvalue weighted by atomic mass is 9.98. The molecular weight excluding hydrogens is 438 g/mol. The van der Waals surface area contributed by atoms with Crippen LogP contribution in [0, 0.1) is 11.7 Å². The van der Waals surface area contributed by atoms with Gasteiger partial charge in [-0.3, -0.25) is 14.7 Å². The molecule has 0 radical (unpaired) electrons. The summed E-state index contributed by atoms with van der Waals surface area (Å²) in [6, 6.07) is 12.7. The highest BCUT2D eigenvalue weighted by molar-refractivity contribution is 5.93. The lowest BCUT2D eigenvalue weighted by Crippen LogP contribution is -2.51. The van der Waals surface area contributed by atoms with Crippen molar-refractivity contribution in [2.45, 2.75) is 19.3 Å². The number of carbonyl (C=O) groups excluding carboxylic acids is 1. The number of aromatic nitrogens is 1. The number of benzene rings is 2. The van der Waals surface area contributed by atoms with E-state index in [1.54, 1.807) is 36.7 Å². The molecule has 2 heterocycles. The number of halogens is 4. The van der Waals surface area contributed by atoms with Crippen LogP contribution in [-0.2, 0) is 24.1 Å². The zero-order valence-corrected chi connectivity index (χ0v) is 17.5. The Hall–Kier alpha value is -3.46. The number of carbonyl (C=O) groups is 1. The Morgan fingerprint density at radius 2 is 1.94 bits per heavy atom. The maximum Gasteiger partial charge on any atom is 0.416 e. The van der Waals surface area contributed by atoms with Crippen LogP contribution in [-0.4, -0.2) is 28.9 Å². The summed E-state index contributed by atoms with van der Waals surface area (Å²) in [5.74, 6) is -0.521. The molecule has 0 aliphatic carbocycles. The highest BCUT2D eigenvalue weighted by atomic mass is 19.4. The molecule has 2 aromatic carbocycles. The number of rotatable bonds is 7. The van der Waals surface area contributed by atoms with Crippen molar-refractivity contribution in [2.75, 3.05) is 18.4 Å². The summed E-state index contributed by atoms with van der Waals surface area (Å²) < 4.78 is 58.4. The van der Waals surface area contributed by atoms with E-state index < -0.39 is 17.6 Å². The normalized spacial score (nSPS) is 14.5. The number of nitrogens with zero attached hydrogens (tertiary/aromatic N) is 2. The van der Waals surface area contributed by atoms with E-state index in [4.69, 9.17) is 4.74 Å². The maximum atomic E-state index is 14.5. The van der Waals surface area contributed by atoms with Gasteiger partial charge in [0.25, 0.3) is 0 Å². The van der Waals surface area contributed by atoms with Crippen molar-refractivity contribution in [1.82, 2.24) is 9.88 Å². The molecule has 0 bridgehead atoms. The number of anilines is 1. The number of hydrogen-bond acceptors (Lipinski definition) is 4. The number of likely N-dealkylation sites (tertiary alicyclic amines) is 1. The molecule has 5 nitrogen and oxygen atoms in total. The molecule has 3 aromatic rings. The lowest BCUT2D eigenvalue weighted by Gasteiger charge is -2.38. The maximum absolute atomic E-state index is 14.5. The van der Waals surface area contributed by atoms with Crippen molar-refractivity contribution >= 4 is 11.6 Å². The van der Waals surface area contributed by atoms with Crippen LogP contribution in [0.15, 0.2) is 67.0 Å². The number of alkyl halides is 3. The van der Waals surface area contributed by atoms with Crippen LogP contribution in [0.3, 0.4) is 0 Å². The average molecular weight is 459 g/mol. The first-order valence-electron chi connectivity index (χ1n) is 10.3. The van der Waals surface area contributed by atoms with Gasteiger partial charge in [0.05, 0.1) is 23.4 Å². The largest absolute Gasteiger partial charge is 0.489 e. The SMILES string of the molecule is O=C(Nc1cccnc1)C1CN(Cc2ccc(OCc3cccc(C(F)(F)F)c3)cc2F)C1. The predicted octanol–water partition coefficient (Wildman–Crippen LogP) is 4.89. The Kier molecular flexibility index (Phi) is 6.60. The van der Waals surface area contributed by atoms with Crippen LogP contribution < -0.4 is 10.1 Å². The second kappa shape index (κ2) is 9.58. The first kappa shape index (κ1) is 22.7. The number of pyridine rings is 1. The van der Waals surface area contributed by atoms with Gasteiger partial charge < -0.3 is 10.1 Å². The van der Waals surface area contributed by atoms with Crippen molar-refractivity contribution in [2.24, 2.45) is 5.92 Å². The summed E-state index contributed by atoms with van der Waals surface area (Å²) in [6.07, 6.45) is -1.24. The van der Waals surface area contributed by atoms with E-state index in [-0.39, 0.29) is 24.2 Å². The molecule has 1 fully saturated rings. The van der Waals surface area contributed by atoms with Gasteiger partial charge in [-0.05, 0) is 35.9 Å². The molecule has 0 saturated carbocycles. The molecule has 1 aromatic heterocycles. The third-order valence-corrected chi connectivity index (χ3v) is 5.34. The zero-order valence-electron chi connectivity index (χ0n) is 17.5. The number of nitrogens with one attached hydrogen (secondary N) is 1. The third-order valence-electron chi connectivity index (χ3n) is 5.34. The van der Waals surface area contributed by atoms with E-state index >= 15 is 0 Å². The van der Waals surface area contributed by atoms with Crippen molar-refractivity contribution in [1.29, 1.82) is 0 Å². The van der Waals surface area contributed by atoms with Crippen LogP contribution in [0.2, 0.25) is 0 Å². The van der Waals surface area contributed by atoms with Gasteiger partial charge in [-0.1, -0.05) is 18.2 Å². The van der Waals surface area contributed by atoms with Crippen LogP contribution in [0.25, 0.3) is 0 Å². The minimum absolute atomic E-state index is 0.0990. The summed E-state index contributed by atoms with van der Waals surface area (Å²) in [5, 5.41) is 2.81. The van der Waals surface area contributed by atoms with Crippen LogP contribution in [0.4, 0.5) is 23.2 Å². The molecule has 1 aliphatic rings. The smallest absolute Gasteiger partial charge is 0.416 e. The molecule has 1 aliphatic heterocycles. The molecule has 33 heavy (non-hydrogen) atoms. The highest BCUT2D eigenvalue weighted by Gasteiger charge is 2.33. The average Bonchev–Trinajstić information content (AvgIpc) is 2.76. The van der Waals surface area contributed by atoms with Crippen molar-refractivity contribution in [3.8, 4) is 5.75 Å². The number of amides is 1. The van der Waals surface area contributed by atoms with Gasteiger partial charge >= 0.3 is 6.18 Å². The van der Waals surface area contributed by atoms with Gasteiger partial charge in [-0.25, -0.2) is 4.39 Å². The fourth-order valence-electron chi connectivity index (χ4n) is 3.54. The van der Waals surface area contributed by atoms with E-state index in [1.165, 1.54) is 18.2 Å². The molecule has 1 N–H and O–H groups in total. The molecular formula is C24H21F4N3O2. The summed E-state index contributed by atoms with van der Waals surface area (Å²) in [5.41, 5.74) is 0.665. The lowest BCUT2D eigenvalue weighted by molar-refractivity contribution is -0.137. The van der Waals surface area contributed by atoms with Crippen LogP contribution in [0.5, 0.6) is 5.75 Å². The van der Waals surface area contributed by atoms with Crippen molar-refractivity contribution in [3.63, 3.8) is 0 Å². The standard InChI is InChI=1S/C24H21F4N3O2/c25-22-10-21(33-15-16-3-1-4-19(9-16)24(26,27)28)7-6-17(22)12-31-13-18(14-31)23(32)30-20-5-2-8-29-11-20/h1-11,18H,12-15H2,(H,30,32). The Bertz CT molecular complexity index is 1120. The molecule has 9 heteroatoms. The monoisotopic (exact) mass is 459 g/mol. The Labute approximate surface area is 188 Å². The Morgan fingerprint density at radius 3 is 2.64 bits per heavy atom. The van der Waals surface area contributed by atoms with Gasteiger partial charge in [0.15, 0.2) is 0 Å². The number of ether oxygens (including phenoxy) is 1. The predicted molar refractivity (Wildman–Crippen MR) is 114 cm³/mol. The van der Waals surface area contributed by atoms with Gasteiger partial charge in [0.2, 0.25) is 5.91 Å². The van der Waals surface area contributed by atoms with E-state index in [2.05, 4.69) is 10.3 Å². The first-order chi connectivity index (χ1) is 15.8. The van der Waals surface area contributed by atoms with E-state index in [9.17, 15) is 22.4 Å². The van der Waals surface area contributed by atoms with Crippen LogP contribution in [0.1, 0.15) is 16.7 Å². The van der Waals surface area contributed by atoms with E-state index in [0.29, 0.717) is 36.4 Å². The Balaban J connectivity index is 1.27. The third kappa shape index (κ3) is 5.87. The molecule has 1 saturated heterocycles. The second-order valence-electron chi connectivity index (χ2n) is 7.86. The van der Waals surface area contributed by atoms with Crippen LogP contribution >= 0.6 is 0 Å². The number of hydrogen-bond donors (Lipinski definition) is 1. The second-order valence-corrected chi connectivity index (χ2v) is 7.86. The summed E-state index contributed by atoms with van der Waals surface area (Å²) in [7, 11) is 0. The Morgan fingerprint density at radius 1 is 1.12 bits per heavy atom. The molecule has 0 spiro atoms. The minimum Gasteiger partial charge on any atom is -0.489 e. The van der Waals surface area contributed by atoms with E-state index in [1.807, 2.05) is 4.90 Å². The van der Waals surface area contributed by atoms with Gasteiger partial charge in [-0.15, -0.1) is 0 Å². The van der Waals surface area contributed by atoms with Gasteiger partial charge in [-0.2, -0.15) is 13.2 Å². The topological polar surface area (TPSA) is 54.5 Å². The van der Waals surface area contributed by atoms with Gasteiger partial charge in [0, 0.05) is 37.5 Å². The minimum atomic E-state index is -4.43. The molecule has 0 atom stereocenters. The van der Waals surface area contributed by atoms with Gasteiger partial charge in [0.1, 0.15) is 18.2 Å². The molecule has 1 amide bonds. The first-order valence-corrected chi connectivity index (χ1v) is 10.3. The summed E-state index contributed by atoms with van der Waals surface area (Å²) >= 11 is 0.